The molecule has 0 radical (unpaired) electrons. The van der Waals surface area contributed by atoms with Gasteiger partial charge in [0.15, 0.2) is 6.29 Å². The smallest absolute Gasteiger partial charge is 0.441 e. The summed E-state index contributed by atoms with van der Waals surface area (Å²) in [5, 5.41) is 0.209. The summed E-state index contributed by atoms with van der Waals surface area (Å²) in [6.45, 7) is -0.147. The Morgan fingerprint density at radius 2 is 2.12 bits per heavy atom. The molecular formula is C10H8ClF3O2S. The molecule has 17 heavy (non-hydrogen) atoms. The summed E-state index contributed by atoms with van der Waals surface area (Å²) in [7, 11) is 0. The fourth-order valence-corrected chi connectivity index (χ4v) is 1.68. The molecule has 0 heterocycles. The summed E-state index contributed by atoms with van der Waals surface area (Å²) >= 11 is 5.54. The molecule has 0 fully saturated rings. The van der Waals surface area contributed by atoms with Crippen molar-refractivity contribution in [1.29, 1.82) is 0 Å². The lowest BCUT2D eigenvalue weighted by Crippen LogP contribution is -2.08. The normalized spacial score (nSPS) is 11.3. The fourth-order valence-electron chi connectivity index (χ4n) is 1.07. The van der Waals surface area contributed by atoms with Crippen molar-refractivity contribution in [1.82, 2.24) is 0 Å². The highest BCUT2D eigenvalue weighted by Crippen LogP contribution is 2.30. The predicted octanol–water partition coefficient (Wildman–Crippen LogP) is 3.78. The van der Waals surface area contributed by atoms with Crippen molar-refractivity contribution in [3.05, 3.63) is 28.8 Å². The monoisotopic (exact) mass is 284 g/mol. The average Bonchev–Trinajstić information content (AvgIpc) is 2.23. The van der Waals surface area contributed by atoms with Gasteiger partial charge in [-0.1, -0.05) is 17.7 Å². The number of rotatable bonds is 5. The van der Waals surface area contributed by atoms with Crippen LogP contribution in [-0.2, 0) is 0 Å². The molecule has 0 saturated carbocycles. The van der Waals surface area contributed by atoms with Gasteiger partial charge in [0, 0.05) is 5.75 Å². The largest absolute Gasteiger partial charge is 0.492 e. The van der Waals surface area contributed by atoms with E-state index in [1.165, 1.54) is 12.1 Å². The Kier molecular flexibility index (Phi) is 5.14. The van der Waals surface area contributed by atoms with Crippen molar-refractivity contribution in [2.45, 2.75) is 5.51 Å². The Hall–Kier alpha value is -0.880. The first-order valence-electron chi connectivity index (χ1n) is 4.51. The average molecular weight is 285 g/mol. The van der Waals surface area contributed by atoms with Gasteiger partial charge in [-0.2, -0.15) is 13.2 Å². The van der Waals surface area contributed by atoms with Gasteiger partial charge in [0.05, 0.1) is 17.2 Å². The SMILES string of the molecule is O=Cc1c(Cl)cccc1OCCSC(F)(F)F. The zero-order chi connectivity index (χ0) is 12.9. The number of ether oxygens (including phenoxy) is 1. The molecule has 0 aromatic heterocycles. The topological polar surface area (TPSA) is 26.3 Å². The molecule has 94 valence electrons. The van der Waals surface area contributed by atoms with E-state index in [-0.39, 0.29) is 40.5 Å². The second-order valence-electron chi connectivity index (χ2n) is 2.91. The molecule has 2 nitrogen and oxygen atoms in total. The number of halogens is 4. The van der Waals surface area contributed by atoms with E-state index in [0.717, 1.165) is 0 Å². The summed E-state index contributed by atoms with van der Waals surface area (Å²) in [6.07, 6.45) is 0.508. The van der Waals surface area contributed by atoms with Crippen molar-refractivity contribution in [3.8, 4) is 5.75 Å². The first-order chi connectivity index (χ1) is 7.94. The molecule has 0 bridgehead atoms. The maximum absolute atomic E-state index is 11.8. The van der Waals surface area contributed by atoms with Crippen LogP contribution in [0.4, 0.5) is 13.2 Å². The van der Waals surface area contributed by atoms with Gasteiger partial charge in [0.1, 0.15) is 5.75 Å². The Labute approximate surface area is 105 Å². The zero-order valence-corrected chi connectivity index (χ0v) is 10.0. The lowest BCUT2D eigenvalue weighted by atomic mass is 10.2. The molecule has 0 aliphatic carbocycles. The van der Waals surface area contributed by atoms with Gasteiger partial charge < -0.3 is 4.74 Å². The number of thioether (sulfide) groups is 1. The van der Waals surface area contributed by atoms with E-state index in [1.54, 1.807) is 6.07 Å². The molecule has 0 saturated heterocycles. The Bertz CT molecular complexity index is 396. The van der Waals surface area contributed by atoms with E-state index in [9.17, 15) is 18.0 Å². The first-order valence-corrected chi connectivity index (χ1v) is 5.87. The predicted molar refractivity (Wildman–Crippen MR) is 60.8 cm³/mol. The number of hydrogen-bond donors (Lipinski definition) is 0. The molecule has 0 N–H and O–H groups in total. The number of carbonyl (C=O) groups is 1. The molecule has 0 aliphatic heterocycles. The van der Waals surface area contributed by atoms with E-state index in [1.807, 2.05) is 0 Å². The number of benzene rings is 1. The highest BCUT2D eigenvalue weighted by molar-refractivity contribution is 8.00. The van der Waals surface area contributed by atoms with Crippen molar-refractivity contribution in [2.24, 2.45) is 0 Å². The van der Waals surface area contributed by atoms with Crippen molar-refractivity contribution >= 4 is 29.6 Å². The van der Waals surface area contributed by atoms with E-state index >= 15 is 0 Å². The summed E-state index contributed by atoms with van der Waals surface area (Å²) in [5.74, 6) is -0.0517. The van der Waals surface area contributed by atoms with Crippen LogP contribution >= 0.6 is 23.4 Å². The number of hydrogen-bond acceptors (Lipinski definition) is 3. The van der Waals surface area contributed by atoms with Gasteiger partial charge >= 0.3 is 5.51 Å². The van der Waals surface area contributed by atoms with Crippen LogP contribution in [0.25, 0.3) is 0 Å². The van der Waals surface area contributed by atoms with Crippen LogP contribution in [0.5, 0.6) is 5.75 Å². The summed E-state index contributed by atoms with van der Waals surface area (Å²) < 4.78 is 40.5. The third kappa shape index (κ3) is 4.87. The summed E-state index contributed by atoms with van der Waals surface area (Å²) in [6, 6.07) is 4.54. The highest BCUT2D eigenvalue weighted by atomic mass is 35.5. The summed E-state index contributed by atoms with van der Waals surface area (Å²) in [4.78, 5) is 10.7. The molecule has 0 amide bonds. The number of aldehydes is 1. The van der Waals surface area contributed by atoms with Gasteiger partial charge in [-0.05, 0) is 23.9 Å². The lowest BCUT2D eigenvalue weighted by molar-refractivity contribution is -0.0329. The molecule has 1 aromatic rings. The van der Waals surface area contributed by atoms with Crippen molar-refractivity contribution < 1.29 is 22.7 Å². The Balaban J connectivity index is 2.52. The van der Waals surface area contributed by atoms with Crippen LogP contribution in [0.2, 0.25) is 5.02 Å². The molecule has 0 unspecified atom stereocenters. The maximum Gasteiger partial charge on any atom is 0.441 e. The Morgan fingerprint density at radius 1 is 1.41 bits per heavy atom. The quantitative estimate of drug-likeness (QED) is 0.608. The fraction of sp³-hybridized carbons (Fsp3) is 0.300. The third-order valence-corrected chi connectivity index (χ3v) is 2.77. The standard InChI is InChI=1S/C10H8ClF3O2S/c11-8-2-1-3-9(7(8)6-15)16-4-5-17-10(12,13)14/h1-3,6H,4-5H2. The minimum absolute atomic E-state index is 0.145. The van der Waals surface area contributed by atoms with Gasteiger partial charge in [-0.3, -0.25) is 4.79 Å². The van der Waals surface area contributed by atoms with Gasteiger partial charge in [0.2, 0.25) is 0 Å². The van der Waals surface area contributed by atoms with E-state index in [0.29, 0.717) is 6.29 Å². The Morgan fingerprint density at radius 3 is 2.71 bits per heavy atom. The number of alkyl halides is 3. The molecule has 7 heteroatoms. The third-order valence-electron chi connectivity index (χ3n) is 1.74. The van der Waals surface area contributed by atoms with Crippen LogP contribution in [0.15, 0.2) is 18.2 Å². The van der Waals surface area contributed by atoms with Crippen molar-refractivity contribution in [3.63, 3.8) is 0 Å². The van der Waals surface area contributed by atoms with Gasteiger partial charge in [-0.15, -0.1) is 0 Å². The molecule has 1 rings (SSSR count). The zero-order valence-electron chi connectivity index (χ0n) is 8.46. The minimum atomic E-state index is -4.27. The van der Waals surface area contributed by atoms with E-state index in [2.05, 4.69) is 0 Å². The first kappa shape index (κ1) is 14.2. The molecule has 0 aliphatic rings. The van der Waals surface area contributed by atoms with Crippen LogP contribution in [0.1, 0.15) is 10.4 Å². The van der Waals surface area contributed by atoms with Gasteiger partial charge in [0.25, 0.3) is 0 Å². The van der Waals surface area contributed by atoms with Crippen LogP contribution in [-0.4, -0.2) is 24.2 Å². The number of carbonyl (C=O) groups excluding carboxylic acids is 1. The maximum atomic E-state index is 11.8. The van der Waals surface area contributed by atoms with Crippen LogP contribution in [0, 0.1) is 0 Å². The van der Waals surface area contributed by atoms with Crippen LogP contribution in [0.3, 0.4) is 0 Å². The van der Waals surface area contributed by atoms with E-state index < -0.39 is 5.51 Å². The second-order valence-corrected chi connectivity index (χ2v) is 4.48. The summed E-state index contributed by atoms with van der Waals surface area (Å²) in [5.41, 5.74) is -4.13. The van der Waals surface area contributed by atoms with E-state index in [4.69, 9.17) is 16.3 Å². The molecule has 0 atom stereocenters. The van der Waals surface area contributed by atoms with Crippen molar-refractivity contribution in [2.75, 3.05) is 12.4 Å². The molecule has 0 spiro atoms. The molecular weight excluding hydrogens is 277 g/mol. The molecule has 1 aromatic carbocycles. The highest BCUT2D eigenvalue weighted by Gasteiger charge is 2.27. The minimum Gasteiger partial charge on any atom is -0.492 e. The van der Waals surface area contributed by atoms with Crippen LogP contribution < -0.4 is 4.74 Å². The van der Waals surface area contributed by atoms with Gasteiger partial charge in [-0.25, -0.2) is 0 Å². The lowest BCUT2D eigenvalue weighted by Gasteiger charge is -2.10. The second kappa shape index (κ2) is 6.16.